The van der Waals surface area contributed by atoms with Crippen LogP contribution in [0.25, 0.3) is 6.08 Å². The van der Waals surface area contributed by atoms with Crippen LogP contribution in [0.4, 0.5) is 4.39 Å². The molecule has 7 nitrogen and oxygen atoms in total. The van der Waals surface area contributed by atoms with Crippen molar-refractivity contribution in [3.05, 3.63) is 123 Å². The summed E-state index contributed by atoms with van der Waals surface area (Å²) in [6, 6.07) is 16.7. The van der Waals surface area contributed by atoms with Gasteiger partial charge in [-0.1, -0.05) is 47.7 Å². The molecular formula is C33H29Br2FN2O5S. The summed E-state index contributed by atoms with van der Waals surface area (Å²) in [5, 5.41) is 0. The molecule has 44 heavy (non-hydrogen) atoms. The number of thiazole rings is 1. The highest BCUT2D eigenvalue weighted by atomic mass is 79.9. The Labute approximate surface area is 274 Å². The van der Waals surface area contributed by atoms with Crippen LogP contribution < -0.4 is 24.4 Å². The van der Waals surface area contributed by atoms with Gasteiger partial charge in [-0.15, -0.1) is 0 Å². The Kier molecular flexibility index (Phi) is 9.87. The van der Waals surface area contributed by atoms with Crippen molar-refractivity contribution in [1.82, 2.24) is 4.57 Å². The second kappa shape index (κ2) is 13.6. The highest BCUT2D eigenvalue weighted by molar-refractivity contribution is 9.11. The number of hydrogen-bond donors (Lipinski definition) is 0. The molecule has 0 fully saturated rings. The summed E-state index contributed by atoms with van der Waals surface area (Å²) in [7, 11) is 0. The molecule has 0 saturated heterocycles. The van der Waals surface area contributed by atoms with Crippen LogP contribution in [0.2, 0.25) is 0 Å². The number of carbonyl (C=O) groups excluding carboxylic acids is 1. The van der Waals surface area contributed by atoms with E-state index < -0.39 is 12.0 Å². The van der Waals surface area contributed by atoms with Gasteiger partial charge in [-0.05, 0) is 95.5 Å². The maximum absolute atomic E-state index is 14.1. The van der Waals surface area contributed by atoms with Crippen LogP contribution in [-0.2, 0) is 16.1 Å². The average molecular weight is 744 g/mol. The van der Waals surface area contributed by atoms with Crippen LogP contribution in [0.1, 0.15) is 50.4 Å². The zero-order valence-corrected chi connectivity index (χ0v) is 28.4. The molecule has 0 amide bonds. The first-order chi connectivity index (χ1) is 21.1. The predicted octanol–water partition coefficient (Wildman–Crippen LogP) is 6.83. The summed E-state index contributed by atoms with van der Waals surface area (Å²) in [5.74, 6) is 0.191. The molecule has 0 radical (unpaired) electrons. The fourth-order valence-electron chi connectivity index (χ4n) is 4.87. The molecule has 228 valence electrons. The molecule has 0 unspecified atom stereocenters. The zero-order chi connectivity index (χ0) is 31.5. The number of benzene rings is 3. The van der Waals surface area contributed by atoms with E-state index in [0.717, 1.165) is 0 Å². The number of carbonyl (C=O) groups is 1. The van der Waals surface area contributed by atoms with E-state index >= 15 is 0 Å². The van der Waals surface area contributed by atoms with Crippen molar-refractivity contribution < 1.29 is 23.4 Å². The van der Waals surface area contributed by atoms with Crippen molar-refractivity contribution in [2.45, 2.75) is 46.4 Å². The van der Waals surface area contributed by atoms with Gasteiger partial charge in [0, 0.05) is 11.1 Å². The van der Waals surface area contributed by atoms with E-state index in [-0.39, 0.29) is 36.3 Å². The molecule has 0 aliphatic carbocycles. The van der Waals surface area contributed by atoms with Crippen molar-refractivity contribution >= 4 is 55.2 Å². The van der Waals surface area contributed by atoms with Crippen LogP contribution in [0.3, 0.4) is 0 Å². The second-order valence-electron chi connectivity index (χ2n) is 10.2. The molecule has 3 aromatic carbocycles. The van der Waals surface area contributed by atoms with E-state index in [1.165, 1.54) is 22.0 Å². The third kappa shape index (κ3) is 6.60. The highest BCUT2D eigenvalue weighted by Crippen LogP contribution is 2.37. The Hall–Kier alpha value is -3.54. The number of aromatic nitrogens is 1. The van der Waals surface area contributed by atoms with Crippen LogP contribution in [0.15, 0.2) is 90.7 Å². The number of rotatable bonds is 9. The monoisotopic (exact) mass is 742 g/mol. The van der Waals surface area contributed by atoms with Crippen molar-refractivity contribution in [3.8, 4) is 11.5 Å². The zero-order valence-electron chi connectivity index (χ0n) is 24.4. The van der Waals surface area contributed by atoms with Crippen LogP contribution >= 0.6 is 43.2 Å². The number of allylic oxidation sites excluding steroid dienone is 1. The molecule has 0 spiro atoms. The lowest BCUT2D eigenvalue weighted by Crippen LogP contribution is -2.40. The van der Waals surface area contributed by atoms with Gasteiger partial charge in [-0.25, -0.2) is 14.2 Å². The normalized spacial score (nSPS) is 14.8. The number of fused-ring (bicyclic) bond motifs is 1. The van der Waals surface area contributed by atoms with Crippen LogP contribution in [0, 0.1) is 5.82 Å². The fourth-order valence-corrected chi connectivity index (χ4v) is 7.37. The predicted molar refractivity (Wildman–Crippen MR) is 175 cm³/mol. The molecule has 1 aliphatic rings. The van der Waals surface area contributed by atoms with E-state index in [1.54, 1.807) is 38.1 Å². The van der Waals surface area contributed by atoms with E-state index in [2.05, 4.69) is 36.9 Å². The molecule has 4 aromatic rings. The topological polar surface area (TPSA) is 79.1 Å². The second-order valence-corrected chi connectivity index (χ2v) is 12.9. The summed E-state index contributed by atoms with van der Waals surface area (Å²) < 4.78 is 34.7. The molecule has 1 aromatic heterocycles. The molecule has 11 heteroatoms. The fraction of sp³-hybridized carbons (Fsp3) is 0.242. The summed E-state index contributed by atoms with van der Waals surface area (Å²) in [4.78, 5) is 32.5. The molecular weight excluding hydrogens is 715 g/mol. The van der Waals surface area contributed by atoms with Crippen molar-refractivity contribution in [1.29, 1.82) is 0 Å². The Morgan fingerprint density at radius 1 is 1.11 bits per heavy atom. The lowest BCUT2D eigenvalue weighted by atomic mass is 9.95. The number of para-hydroxylation sites is 1. The molecule has 0 saturated carbocycles. The van der Waals surface area contributed by atoms with E-state index in [0.29, 0.717) is 52.2 Å². The van der Waals surface area contributed by atoms with Gasteiger partial charge in [0.1, 0.15) is 30.0 Å². The lowest BCUT2D eigenvalue weighted by Gasteiger charge is -2.26. The first-order valence-electron chi connectivity index (χ1n) is 13.9. The van der Waals surface area contributed by atoms with Crippen LogP contribution in [0.5, 0.6) is 11.5 Å². The van der Waals surface area contributed by atoms with E-state index in [9.17, 15) is 14.0 Å². The van der Waals surface area contributed by atoms with Gasteiger partial charge in [-0.3, -0.25) is 9.36 Å². The molecule has 2 heterocycles. The first-order valence-corrected chi connectivity index (χ1v) is 16.3. The summed E-state index contributed by atoms with van der Waals surface area (Å²) in [6.45, 7) is 7.55. The number of halogens is 3. The number of hydrogen-bond acceptors (Lipinski definition) is 7. The van der Waals surface area contributed by atoms with Gasteiger partial charge in [0.15, 0.2) is 4.80 Å². The molecule has 1 aliphatic heterocycles. The Bertz CT molecular complexity index is 1930. The van der Waals surface area contributed by atoms with Gasteiger partial charge in [0.05, 0.1) is 37.5 Å². The smallest absolute Gasteiger partial charge is 0.338 e. The quantitative estimate of drug-likeness (QED) is 0.176. The standard InChI is InChI=1S/C33H29Br2FN2O5S/c1-5-41-32(40)28-19(4)37-33-38(29(28)22-11-7-9-13-26(22)43-18(2)3)31(39)27(44-33)16-20-14-23(34)30(24(35)15-20)42-17-21-10-6-8-12-25(21)36/h6-16,18,29H,5,17H2,1-4H3/b27-16+/t29-/m0/s1. The minimum Gasteiger partial charge on any atom is -0.491 e. The molecule has 0 bridgehead atoms. The van der Waals surface area contributed by atoms with Gasteiger partial charge >= 0.3 is 5.97 Å². The average Bonchev–Trinajstić information content (AvgIpc) is 3.26. The van der Waals surface area contributed by atoms with E-state index in [1.807, 2.05) is 50.2 Å². The third-order valence-corrected chi connectivity index (χ3v) is 8.90. The van der Waals surface area contributed by atoms with Gasteiger partial charge in [0.2, 0.25) is 0 Å². The summed E-state index contributed by atoms with van der Waals surface area (Å²) in [5.41, 5.74) is 2.26. The lowest BCUT2D eigenvalue weighted by molar-refractivity contribution is -0.139. The number of nitrogens with zero attached hydrogens (tertiary/aromatic N) is 2. The SMILES string of the molecule is CCOC(=O)C1=C(C)N=c2s/c(=C/c3cc(Br)c(OCc4ccccc4F)c(Br)c3)c(=O)n2[C@H]1c1ccccc1OC(C)C. The first kappa shape index (κ1) is 31.9. The maximum Gasteiger partial charge on any atom is 0.338 e. The van der Waals surface area contributed by atoms with Crippen molar-refractivity contribution in [3.63, 3.8) is 0 Å². The van der Waals surface area contributed by atoms with Crippen LogP contribution in [-0.4, -0.2) is 23.2 Å². The molecule has 0 N–H and O–H groups in total. The van der Waals surface area contributed by atoms with Crippen molar-refractivity contribution in [2.75, 3.05) is 6.61 Å². The minimum atomic E-state index is -0.796. The third-order valence-electron chi connectivity index (χ3n) is 6.74. The van der Waals surface area contributed by atoms with Gasteiger partial charge in [-0.2, -0.15) is 0 Å². The maximum atomic E-state index is 14.1. The van der Waals surface area contributed by atoms with Gasteiger partial charge in [0.25, 0.3) is 5.56 Å². The summed E-state index contributed by atoms with van der Waals surface area (Å²) >= 11 is 8.34. The molecule has 1 atom stereocenters. The number of ether oxygens (including phenoxy) is 3. The Morgan fingerprint density at radius 2 is 1.80 bits per heavy atom. The number of esters is 1. The molecule has 5 rings (SSSR count). The largest absolute Gasteiger partial charge is 0.491 e. The van der Waals surface area contributed by atoms with E-state index in [4.69, 9.17) is 14.2 Å². The Morgan fingerprint density at radius 3 is 2.48 bits per heavy atom. The van der Waals surface area contributed by atoms with Gasteiger partial charge < -0.3 is 14.2 Å². The highest BCUT2D eigenvalue weighted by Gasteiger charge is 2.35. The van der Waals surface area contributed by atoms with Crippen molar-refractivity contribution in [2.24, 2.45) is 4.99 Å². The summed E-state index contributed by atoms with van der Waals surface area (Å²) in [6.07, 6.45) is 1.63. The Balaban J connectivity index is 1.59. The minimum absolute atomic E-state index is 0.0476.